The zero-order valence-electron chi connectivity index (χ0n) is 13.7. The minimum absolute atomic E-state index is 0.189. The van der Waals surface area contributed by atoms with E-state index in [1.807, 2.05) is 6.92 Å². The molecule has 0 saturated heterocycles. The van der Waals surface area contributed by atoms with Crippen LogP contribution in [0, 0.1) is 5.82 Å². The van der Waals surface area contributed by atoms with Crippen molar-refractivity contribution in [2.24, 2.45) is 0 Å². The fourth-order valence-corrected chi connectivity index (χ4v) is 2.23. The molecule has 128 valence electrons. The fraction of sp³-hybridized carbons (Fsp3) is 0.353. The average Bonchev–Trinajstić information content (AvgIpc) is 2.56. The summed E-state index contributed by atoms with van der Waals surface area (Å²) in [5.41, 5.74) is 0.699. The lowest BCUT2D eigenvalue weighted by molar-refractivity contribution is -0.121. The Hall–Kier alpha value is -2.54. The molecule has 1 aromatic carbocycles. The molecule has 1 aromatic heterocycles. The summed E-state index contributed by atoms with van der Waals surface area (Å²) in [6, 6.07) is 7.20. The highest BCUT2D eigenvalue weighted by Gasteiger charge is 2.14. The van der Waals surface area contributed by atoms with Crippen LogP contribution in [-0.4, -0.2) is 35.7 Å². The third-order valence-corrected chi connectivity index (χ3v) is 3.44. The van der Waals surface area contributed by atoms with Gasteiger partial charge in [0.2, 0.25) is 5.91 Å². The molecule has 7 heteroatoms. The fourth-order valence-electron chi connectivity index (χ4n) is 2.23. The maximum absolute atomic E-state index is 13.5. The van der Waals surface area contributed by atoms with Gasteiger partial charge in [-0.15, -0.1) is 0 Å². The van der Waals surface area contributed by atoms with Gasteiger partial charge < -0.3 is 10.1 Å². The lowest BCUT2D eigenvalue weighted by Crippen LogP contribution is -2.35. The number of carbonyl (C=O) groups excluding carboxylic acids is 1. The van der Waals surface area contributed by atoms with Crippen LogP contribution < -0.4 is 10.9 Å². The molecule has 2 rings (SSSR count). The number of amides is 1. The van der Waals surface area contributed by atoms with Crippen molar-refractivity contribution in [3.63, 3.8) is 0 Å². The van der Waals surface area contributed by atoms with Gasteiger partial charge in [0.15, 0.2) is 0 Å². The van der Waals surface area contributed by atoms with E-state index >= 15 is 0 Å². The van der Waals surface area contributed by atoms with Crippen LogP contribution in [0.25, 0.3) is 11.4 Å². The second-order valence-electron chi connectivity index (χ2n) is 5.20. The number of nitrogens with one attached hydrogen (secondary N) is 1. The average molecular weight is 333 g/mol. The summed E-state index contributed by atoms with van der Waals surface area (Å²) in [6.45, 7) is 2.41. The number of halogens is 1. The van der Waals surface area contributed by atoms with E-state index in [1.54, 1.807) is 12.1 Å². The highest BCUT2D eigenvalue weighted by Crippen LogP contribution is 2.17. The van der Waals surface area contributed by atoms with Crippen molar-refractivity contribution < 1.29 is 13.9 Å². The molecule has 6 nitrogen and oxygen atoms in total. The third-order valence-electron chi connectivity index (χ3n) is 3.44. The highest BCUT2D eigenvalue weighted by molar-refractivity contribution is 5.76. The van der Waals surface area contributed by atoms with Crippen molar-refractivity contribution in [1.29, 1.82) is 0 Å². The number of benzene rings is 1. The minimum atomic E-state index is -0.431. The summed E-state index contributed by atoms with van der Waals surface area (Å²) < 4.78 is 19.6. The number of methoxy groups -OCH3 is 1. The molecular weight excluding hydrogens is 313 g/mol. The van der Waals surface area contributed by atoms with Gasteiger partial charge in [0.05, 0.1) is 6.61 Å². The van der Waals surface area contributed by atoms with Crippen LogP contribution in [0.4, 0.5) is 4.39 Å². The van der Waals surface area contributed by atoms with E-state index in [0.717, 1.165) is 0 Å². The van der Waals surface area contributed by atoms with E-state index in [2.05, 4.69) is 10.3 Å². The Balaban J connectivity index is 2.39. The number of aryl methyl sites for hydroxylation is 1. The number of aromatic nitrogens is 2. The van der Waals surface area contributed by atoms with Crippen LogP contribution in [-0.2, 0) is 22.5 Å². The Labute approximate surface area is 139 Å². The minimum Gasteiger partial charge on any atom is -0.383 e. The predicted molar refractivity (Wildman–Crippen MR) is 88.2 cm³/mol. The van der Waals surface area contributed by atoms with Gasteiger partial charge in [-0.05, 0) is 18.6 Å². The molecule has 0 aliphatic heterocycles. The van der Waals surface area contributed by atoms with Crippen molar-refractivity contribution in [1.82, 2.24) is 14.9 Å². The van der Waals surface area contributed by atoms with Gasteiger partial charge in [0.25, 0.3) is 5.56 Å². The SMILES string of the molecule is CCc1cc(=O)n(CC(=O)NCCOC)c(-c2cccc(F)c2)n1. The first-order chi connectivity index (χ1) is 11.5. The van der Waals surface area contributed by atoms with Crippen molar-refractivity contribution >= 4 is 5.91 Å². The standard InChI is InChI=1S/C17H20FN3O3/c1-3-14-10-16(23)21(11-15(22)19-7-8-24-2)17(20-14)12-5-4-6-13(18)9-12/h4-6,9-10H,3,7-8,11H2,1-2H3,(H,19,22). The molecule has 0 atom stereocenters. The van der Waals surface area contributed by atoms with Crippen LogP contribution in [0.2, 0.25) is 0 Å². The summed E-state index contributed by atoms with van der Waals surface area (Å²) in [5.74, 6) is -0.488. The van der Waals surface area contributed by atoms with E-state index in [0.29, 0.717) is 30.8 Å². The molecule has 0 spiro atoms. The number of nitrogens with zero attached hydrogens (tertiary/aromatic N) is 2. The van der Waals surface area contributed by atoms with E-state index in [-0.39, 0.29) is 23.8 Å². The Bertz CT molecular complexity index is 774. The molecule has 2 aromatic rings. The molecule has 1 heterocycles. The molecule has 0 radical (unpaired) electrons. The zero-order chi connectivity index (χ0) is 17.5. The normalized spacial score (nSPS) is 10.6. The van der Waals surface area contributed by atoms with E-state index in [9.17, 15) is 14.0 Å². The van der Waals surface area contributed by atoms with Gasteiger partial charge in [-0.25, -0.2) is 9.37 Å². The Morgan fingerprint density at radius 1 is 1.38 bits per heavy atom. The predicted octanol–water partition coefficient (Wildman–Crippen LogP) is 1.37. The molecule has 1 amide bonds. The van der Waals surface area contributed by atoms with Gasteiger partial charge in [-0.1, -0.05) is 19.1 Å². The molecular formula is C17H20FN3O3. The molecule has 24 heavy (non-hydrogen) atoms. The summed E-state index contributed by atoms with van der Waals surface area (Å²) in [5, 5.41) is 2.65. The first kappa shape index (κ1) is 17.8. The number of hydrogen-bond donors (Lipinski definition) is 1. The zero-order valence-corrected chi connectivity index (χ0v) is 13.7. The van der Waals surface area contributed by atoms with Gasteiger partial charge in [-0.3, -0.25) is 14.2 Å². The van der Waals surface area contributed by atoms with Crippen LogP contribution in [0.15, 0.2) is 35.1 Å². The van der Waals surface area contributed by atoms with Crippen LogP contribution in [0.3, 0.4) is 0 Å². The number of rotatable bonds is 7. The monoisotopic (exact) mass is 333 g/mol. The van der Waals surface area contributed by atoms with Gasteiger partial charge in [-0.2, -0.15) is 0 Å². The lowest BCUT2D eigenvalue weighted by atomic mass is 10.2. The summed E-state index contributed by atoms with van der Waals surface area (Å²) >= 11 is 0. The van der Waals surface area contributed by atoms with E-state index in [4.69, 9.17) is 4.74 Å². The smallest absolute Gasteiger partial charge is 0.254 e. The van der Waals surface area contributed by atoms with Gasteiger partial charge in [0.1, 0.15) is 18.2 Å². The maximum atomic E-state index is 13.5. The van der Waals surface area contributed by atoms with Crippen LogP contribution in [0.1, 0.15) is 12.6 Å². The molecule has 0 saturated carbocycles. The van der Waals surface area contributed by atoms with Crippen molar-refractivity contribution in [3.8, 4) is 11.4 Å². The molecule has 0 aliphatic carbocycles. The third kappa shape index (κ3) is 4.48. The first-order valence-corrected chi connectivity index (χ1v) is 7.67. The van der Waals surface area contributed by atoms with Crippen molar-refractivity contribution in [3.05, 3.63) is 52.2 Å². The lowest BCUT2D eigenvalue weighted by Gasteiger charge is -2.13. The number of ether oxygens (including phenoxy) is 1. The first-order valence-electron chi connectivity index (χ1n) is 7.67. The Kier molecular flexibility index (Phi) is 6.20. The highest BCUT2D eigenvalue weighted by atomic mass is 19.1. The molecule has 0 bridgehead atoms. The van der Waals surface area contributed by atoms with Crippen LogP contribution >= 0.6 is 0 Å². The summed E-state index contributed by atoms with van der Waals surface area (Å²) in [4.78, 5) is 28.8. The largest absolute Gasteiger partial charge is 0.383 e. The molecule has 0 aliphatic rings. The van der Waals surface area contributed by atoms with Gasteiger partial charge >= 0.3 is 0 Å². The number of hydrogen-bond acceptors (Lipinski definition) is 4. The number of carbonyl (C=O) groups is 1. The second-order valence-corrected chi connectivity index (χ2v) is 5.20. The van der Waals surface area contributed by atoms with Crippen LogP contribution in [0.5, 0.6) is 0 Å². The van der Waals surface area contributed by atoms with E-state index in [1.165, 1.54) is 29.9 Å². The Morgan fingerprint density at radius 3 is 2.83 bits per heavy atom. The molecule has 1 N–H and O–H groups in total. The van der Waals surface area contributed by atoms with Crippen molar-refractivity contribution in [2.75, 3.05) is 20.3 Å². The maximum Gasteiger partial charge on any atom is 0.254 e. The molecule has 0 unspecified atom stereocenters. The molecule has 0 fully saturated rings. The van der Waals surface area contributed by atoms with Gasteiger partial charge in [0, 0.05) is 31.0 Å². The van der Waals surface area contributed by atoms with E-state index < -0.39 is 5.82 Å². The quantitative estimate of drug-likeness (QED) is 0.777. The Morgan fingerprint density at radius 2 is 2.17 bits per heavy atom. The topological polar surface area (TPSA) is 73.2 Å². The summed E-state index contributed by atoms with van der Waals surface area (Å²) in [6.07, 6.45) is 0.568. The second kappa shape index (κ2) is 8.35. The summed E-state index contributed by atoms with van der Waals surface area (Å²) in [7, 11) is 1.53. The van der Waals surface area contributed by atoms with Crippen molar-refractivity contribution in [2.45, 2.75) is 19.9 Å².